The van der Waals surface area contributed by atoms with Crippen LogP contribution in [0.15, 0.2) is 77.7 Å². The van der Waals surface area contributed by atoms with Gasteiger partial charge in [-0.05, 0) is 71.8 Å². The first-order valence-corrected chi connectivity index (χ1v) is 13.0. The lowest BCUT2D eigenvalue weighted by Crippen LogP contribution is -2.41. The zero-order valence-corrected chi connectivity index (χ0v) is 21.2. The van der Waals surface area contributed by atoms with Crippen LogP contribution in [0.4, 0.5) is 4.39 Å². The molecule has 0 spiro atoms. The molecule has 0 radical (unpaired) electrons. The van der Waals surface area contributed by atoms with Crippen molar-refractivity contribution in [3.63, 3.8) is 0 Å². The van der Waals surface area contributed by atoms with Crippen LogP contribution in [0.1, 0.15) is 57.5 Å². The van der Waals surface area contributed by atoms with Crippen molar-refractivity contribution in [1.29, 1.82) is 0 Å². The third-order valence-corrected chi connectivity index (χ3v) is 7.04. The highest BCUT2D eigenvalue weighted by Crippen LogP contribution is 2.41. The maximum Gasteiger partial charge on any atom is 0.273 e. The number of carbonyl (C=O) groups excluding carboxylic acids is 2. The third-order valence-electron chi connectivity index (χ3n) is 7.04. The van der Waals surface area contributed by atoms with Crippen molar-refractivity contribution in [3.8, 4) is 5.75 Å². The molecule has 2 aromatic carbocycles. The second-order valence-electron chi connectivity index (χ2n) is 9.83. The zero-order chi connectivity index (χ0) is 26.8. The Morgan fingerprint density at radius 1 is 1.13 bits per heavy atom. The molecule has 1 atom stereocenters. The van der Waals surface area contributed by atoms with Gasteiger partial charge in [0.05, 0.1) is 6.04 Å². The quantitative estimate of drug-likeness (QED) is 0.360. The second-order valence-corrected chi connectivity index (χ2v) is 9.83. The van der Waals surface area contributed by atoms with Crippen LogP contribution in [0.3, 0.4) is 0 Å². The molecule has 8 nitrogen and oxygen atoms in total. The van der Waals surface area contributed by atoms with E-state index in [1.807, 2.05) is 35.2 Å². The molecule has 9 heteroatoms. The van der Waals surface area contributed by atoms with E-state index in [0.717, 1.165) is 41.5 Å². The van der Waals surface area contributed by atoms with Crippen LogP contribution >= 0.6 is 0 Å². The number of hydrogen-bond acceptors (Lipinski definition) is 6. The maximum atomic E-state index is 14.2. The van der Waals surface area contributed by atoms with E-state index >= 15 is 0 Å². The van der Waals surface area contributed by atoms with Gasteiger partial charge in [-0.2, -0.15) is 0 Å². The molecule has 1 aliphatic carbocycles. The molecule has 3 heterocycles. The van der Waals surface area contributed by atoms with Gasteiger partial charge >= 0.3 is 0 Å². The summed E-state index contributed by atoms with van der Waals surface area (Å²) in [6.07, 6.45) is 7.17. The van der Waals surface area contributed by atoms with Gasteiger partial charge in [-0.15, -0.1) is 0 Å². The van der Waals surface area contributed by atoms with E-state index in [-0.39, 0.29) is 41.7 Å². The smallest absolute Gasteiger partial charge is 0.273 e. The van der Waals surface area contributed by atoms with Crippen molar-refractivity contribution in [2.24, 2.45) is 5.92 Å². The highest BCUT2D eigenvalue weighted by Gasteiger charge is 2.39. The summed E-state index contributed by atoms with van der Waals surface area (Å²) in [6.45, 7) is 0.933. The number of aromatic nitrogens is 2. The normalized spacial score (nSPS) is 16.4. The number of halogens is 1. The average molecular weight is 527 g/mol. The first-order chi connectivity index (χ1) is 19.0. The number of benzene rings is 2. The predicted molar refractivity (Wildman–Crippen MR) is 139 cm³/mol. The number of ether oxygens (including phenoxy) is 1. The number of fused-ring (bicyclic) bond motifs is 1. The van der Waals surface area contributed by atoms with E-state index in [1.54, 1.807) is 24.5 Å². The lowest BCUT2D eigenvalue weighted by atomic mass is 9.87. The van der Waals surface area contributed by atoms with Gasteiger partial charge in [-0.3, -0.25) is 14.6 Å². The van der Waals surface area contributed by atoms with Crippen molar-refractivity contribution >= 4 is 11.8 Å². The fourth-order valence-corrected chi connectivity index (χ4v) is 4.92. The average Bonchev–Trinajstić information content (AvgIpc) is 3.71. The molecule has 2 aromatic heterocycles. The summed E-state index contributed by atoms with van der Waals surface area (Å²) in [7, 11) is 0. The summed E-state index contributed by atoms with van der Waals surface area (Å²) in [5.41, 5.74) is 3.78. The molecule has 39 heavy (non-hydrogen) atoms. The monoisotopic (exact) mass is 526 g/mol. The first-order valence-electron chi connectivity index (χ1n) is 13.0. The number of nitrogens with one attached hydrogen (secondary N) is 1. The Bertz CT molecular complexity index is 1500. The van der Waals surface area contributed by atoms with Crippen molar-refractivity contribution < 1.29 is 23.1 Å². The number of rotatable bonds is 8. The molecule has 1 N–H and O–H groups in total. The molecule has 1 aliphatic heterocycles. The summed E-state index contributed by atoms with van der Waals surface area (Å²) >= 11 is 0. The van der Waals surface area contributed by atoms with Crippen molar-refractivity contribution in [2.75, 3.05) is 6.54 Å². The van der Waals surface area contributed by atoms with Crippen LogP contribution in [0.5, 0.6) is 5.75 Å². The third kappa shape index (κ3) is 5.52. The molecule has 198 valence electrons. The molecule has 2 amide bonds. The standard InChI is InChI=1S/C30H27FN4O4/c31-23-5-1-4-22(13-23)28-25-14-24(9-8-20(25)10-12-35(28)30(37)21-6-7-21)38-18-27-34-26(17-39-27)29(36)33-16-19-3-2-11-32-15-19/h1-5,8-9,11,13-15,17,21,28H,6-7,10,12,16,18H2,(H,33,36)/t28-/m0/s1. The Morgan fingerprint density at radius 2 is 2.03 bits per heavy atom. The Labute approximate surface area is 224 Å². The molecule has 1 fully saturated rings. The van der Waals surface area contributed by atoms with Gasteiger partial charge in [0.15, 0.2) is 12.3 Å². The Kier molecular flexibility index (Phi) is 6.79. The number of carbonyl (C=O) groups is 2. The van der Waals surface area contributed by atoms with Crippen molar-refractivity contribution in [2.45, 2.75) is 38.5 Å². The lowest BCUT2D eigenvalue weighted by Gasteiger charge is -2.38. The molecule has 0 unspecified atom stereocenters. The largest absolute Gasteiger partial charge is 0.484 e. The summed E-state index contributed by atoms with van der Waals surface area (Å²) in [4.78, 5) is 35.8. The number of pyridine rings is 1. The molecule has 0 bridgehead atoms. The Morgan fingerprint density at radius 3 is 2.82 bits per heavy atom. The molecule has 2 aliphatic rings. The number of amides is 2. The second kappa shape index (κ2) is 10.7. The fourth-order valence-electron chi connectivity index (χ4n) is 4.92. The fraction of sp³-hybridized carbons (Fsp3) is 0.267. The summed E-state index contributed by atoms with van der Waals surface area (Å²) in [6, 6.07) is 15.5. The van der Waals surface area contributed by atoms with Crippen molar-refractivity contribution in [3.05, 3.63) is 113 Å². The van der Waals surface area contributed by atoms with Crippen LogP contribution in [0.25, 0.3) is 0 Å². The highest BCUT2D eigenvalue weighted by molar-refractivity contribution is 5.91. The lowest BCUT2D eigenvalue weighted by molar-refractivity contribution is -0.134. The minimum atomic E-state index is -0.391. The van der Waals surface area contributed by atoms with Crippen molar-refractivity contribution in [1.82, 2.24) is 20.2 Å². The van der Waals surface area contributed by atoms with Gasteiger partial charge in [-0.25, -0.2) is 9.37 Å². The zero-order valence-electron chi connectivity index (χ0n) is 21.2. The number of oxazole rings is 1. The van der Waals surface area contributed by atoms with E-state index in [9.17, 15) is 14.0 Å². The van der Waals surface area contributed by atoms with Gasteiger partial charge in [0, 0.05) is 31.4 Å². The van der Waals surface area contributed by atoms with E-state index in [1.165, 1.54) is 18.4 Å². The SMILES string of the molecule is O=C(NCc1cccnc1)c1coc(COc2ccc3c(c2)[C@H](c2cccc(F)c2)N(C(=O)C2CC2)CC3)n1. The van der Waals surface area contributed by atoms with E-state index in [4.69, 9.17) is 9.15 Å². The van der Waals surface area contributed by atoms with Crippen LogP contribution < -0.4 is 10.1 Å². The number of hydrogen-bond donors (Lipinski definition) is 1. The maximum absolute atomic E-state index is 14.2. The van der Waals surface area contributed by atoms with E-state index < -0.39 is 6.04 Å². The predicted octanol–water partition coefficient (Wildman–Crippen LogP) is 4.60. The van der Waals surface area contributed by atoms with E-state index in [2.05, 4.69) is 15.3 Å². The van der Waals surface area contributed by atoms with Crippen LogP contribution in [0.2, 0.25) is 0 Å². The van der Waals surface area contributed by atoms with Gasteiger partial charge < -0.3 is 19.4 Å². The van der Waals surface area contributed by atoms with Gasteiger partial charge in [0.1, 0.15) is 17.8 Å². The highest BCUT2D eigenvalue weighted by atomic mass is 19.1. The Hall–Kier alpha value is -4.53. The molecular formula is C30H27FN4O4. The Balaban J connectivity index is 1.17. The van der Waals surface area contributed by atoms with Gasteiger partial charge in [0.2, 0.25) is 11.8 Å². The van der Waals surface area contributed by atoms with Crippen LogP contribution in [-0.2, 0) is 24.4 Å². The molecule has 0 saturated heterocycles. The topological polar surface area (TPSA) is 97.6 Å². The first kappa shape index (κ1) is 24.8. The number of nitrogens with zero attached hydrogens (tertiary/aromatic N) is 3. The summed E-state index contributed by atoms with van der Waals surface area (Å²) in [5, 5.41) is 2.79. The molecule has 1 saturated carbocycles. The van der Waals surface area contributed by atoms with Gasteiger partial charge in [0.25, 0.3) is 5.91 Å². The molecular weight excluding hydrogens is 499 g/mol. The van der Waals surface area contributed by atoms with Crippen LogP contribution in [-0.4, -0.2) is 33.2 Å². The summed E-state index contributed by atoms with van der Waals surface area (Å²) in [5.74, 6) is 0.303. The minimum absolute atomic E-state index is 0.0179. The van der Waals surface area contributed by atoms with Crippen LogP contribution in [0, 0.1) is 11.7 Å². The van der Waals surface area contributed by atoms with E-state index in [0.29, 0.717) is 18.8 Å². The molecule has 6 rings (SSSR count). The minimum Gasteiger partial charge on any atom is -0.484 e. The van der Waals surface area contributed by atoms with Gasteiger partial charge in [-0.1, -0.05) is 24.3 Å². The summed E-state index contributed by atoms with van der Waals surface area (Å²) < 4.78 is 25.6. The molecule has 4 aromatic rings.